The van der Waals surface area contributed by atoms with Gasteiger partial charge in [-0.25, -0.2) is 0 Å². The Morgan fingerprint density at radius 2 is 0.784 bits per heavy atom. The Balaban J connectivity index is 1.73. The van der Waals surface area contributed by atoms with E-state index in [4.69, 9.17) is 0 Å². The van der Waals surface area contributed by atoms with Gasteiger partial charge in [-0.2, -0.15) is 0 Å². The number of carbonyl (C=O) groups excluding carboxylic acids is 3. The fraction of sp³-hybridized carbons (Fsp3) is 0.121. The first-order valence-electron chi connectivity index (χ1n) is 12.5. The molecule has 2 aliphatic carbocycles. The molecule has 0 radical (unpaired) electrons. The molecule has 2 fully saturated rings. The van der Waals surface area contributed by atoms with Crippen LogP contribution in [0.2, 0.25) is 0 Å². The van der Waals surface area contributed by atoms with Crippen LogP contribution >= 0.6 is 0 Å². The predicted molar refractivity (Wildman–Crippen MR) is 141 cm³/mol. The van der Waals surface area contributed by atoms with Crippen molar-refractivity contribution in [3.05, 3.63) is 144 Å². The minimum absolute atomic E-state index is 0.103. The molecule has 0 spiro atoms. The smallest absolute Gasteiger partial charge is 0.232 e. The first kappa shape index (κ1) is 21.7. The quantitative estimate of drug-likeness (QED) is 0.419. The van der Waals surface area contributed by atoms with Gasteiger partial charge in [-0.05, 0) is 33.4 Å². The maximum atomic E-state index is 15.3. The number of hydrogen-bond acceptors (Lipinski definition) is 3. The molecule has 4 heteroatoms. The van der Waals surface area contributed by atoms with Gasteiger partial charge in [-0.1, -0.05) is 121 Å². The molecule has 1 aliphatic heterocycles. The summed E-state index contributed by atoms with van der Waals surface area (Å²) >= 11 is 0. The third-order valence-electron chi connectivity index (χ3n) is 8.42. The molecule has 7 rings (SSSR count). The van der Waals surface area contributed by atoms with E-state index in [2.05, 4.69) is 5.32 Å². The highest BCUT2D eigenvalue weighted by Gasteiger charge is 2.81. The van der Waals surface area contributed by atoms with Gasteiger partial charge in [0, 0.05) is 0 Å². The molecule has 2 amide bonds. The summed E-state index contributed by atoms with van der Waals surface area (Å²) in [7, 11) is 0. The second kappa shape index (κ2) is 7.71. The zero-order chi connectivity index (χ0) is 25.2. The van der Waals surface area contributed by atoms with Crippen LogP contribution in [0.25, 0.3) is 11.1 Å². The van der Waals surface area contributed by atoms with Crippen molar-refractivity contribution >= 4 is 28.7 Å². The standard InChI is InChI=1S/C33H23NO3/c35-29-27-28(30(36)34-29)33(24-19-11-4-12-20-24)26(22-15-7-2-8-16-22)25(21-13-5-1-6-14-21)32(27,31(33)37)23-17-9-3-10-18-23/h1-20,27-28H,(H,34,35,36)/t27-,28-,32-,33+/m1/s1. The number of amides is 2. The van der Waals surface area contributed by atoms with Gasteiger partial charge in [0.2, 0.25) is 11.8 Å². The minimum atomic E-state index is -1.31. The Morgan fingerprint density at radius 3 is 1.14 bits per heavy atom. The molecule has 2 bridgehead atoms. The van der Waals surface area contributed by atoms with Crippen LogP contribution in [-0.2, 0) is 25.2 Å². The van der Waals surface area contributed by atoms with Gasteiger partial charge >= 0.3 is 0 Å². The Hall–Kier alpha value is -4.57. The summed E-state index contributed by atoms with van der Waals surface area (Å²) < 4.78 is 0. The van der Waals surface area contributed by atoms with E-state index < -0.39 is 22.7 Å². The number of Topliss-reactive ketones (excluding diaryl/α,β-unsaturated/α-hetero) is 1. The molecule has 3 aliphatic rings. The zero-order valence-corrected chi connectivity index (χ0v) is 19.9. The van der Waals surface area contributed by atoms with Crippen LogP contribution in [0.4, 0.5) is 0 Å². The van der Waals surface area contributed by atoms with Crippen molar-refractivity contribution in [3.63, 3.8) is 0 Å². The highest BCUT2D eigenvalue weighted by molar-refractivity contribution is 6.35. The molecule has 178 valence electrons. The Bertz CT molecular complexity index is 1480. The molecule has 1 saturated carbocycles. The second-order valence-electron chi connectivity index (χ2n) is 9.97. The molecule has 1 N–H and O–H groups in total. The number of imide groups is 1. The van der Waals surface area contributed by atoms with Crippen molar-refractivity contribution in [2.75, 3.05) is 0 Å². The normalized spacial score (nSPS) is 27.9. The van der Waals surface area contributed by atoms with E-state index in [-0.39, 0.29) is 17.6 Å². The number of rotatable bonds is 4. The van der Waals surface area contributed by atoms with Crippen molar-refractivity contribution in [2.24, 2.45) is 11.8 Å². The lowest BCUT2D eigenvalue weighted by Crippen LogP contribution is -2.44. The molecule has 4 atom stereocenters. The molecule has 4 aromatic rings. The number of nitrogens with one attached hydrogen (secondary N) is 1. The SMILES string of the molecule is O=C1NC(=O)[C@H]2[C@H]1[C@@]1(c3ccccc3)C(=O)[C@]2(c2ccccc2)C(c2ccccc2)=C1c1ccccc1. The molecule has 1 heterocycles. The second-order valence-corrected chi connectivity index (χ2v) is 9.97. The molecule has 4 aromatic carbocycles. The number of ketones is 1. The summed E-state index contributed by atoms with van der Waals surface area (Å²) in [5, 5.41) is 2.62. The highest BCUT2D eigenvalue weighted by Crippen LogP contribution is 2.73. The summed E-state index contributed by atoms with van der Waals surface area (Å²) in [6, 6.07) is 38.8. The van der Waals surface area contributed by atoms with E-state index in [0.717, 1.165) is 33.4 Å². The van der Waals surface area contributed by atoms with Gasteiger partial charge in [-0.3, -0.25) is 19.7 Å². The predicted octanol–water partition coefficient (Wildman–Crippen LogP) is 4.96. The summed E-state index contributed by atoms with van der Waals surface area (Å²) in [6.45, 7) is 0. The van der Waals surface area contributed by atoms with Crippen molar-refractivity contribution in [1.29, 1.82) is 0 Å². The Kier molecular flexibility index (Phi) is 4.52. The first-order chi connectivity index (χ1) is 18.1. The van der Waals surface area contributed by atoms with Crippen LogP contribution in [0.15, 0.2) is 121 Å². The zero-order valence-electron chi connectivity index (χ0n) is 19.9. The number of benzene rings is 4. The van der Waals surface area contributed by atoms with Crippen molar-refractivity contribution in [2.45, 2.75) is 10.8 Å². The van der Waals surface area contributed by atoms with E-state index in [0.29, 0.717) is 0 Å². The van der Waals surface area contributed by atoms with E-state index in [9.17, 15) is 9.59 Å². The molecule has 4 nitrogen and oxygen atoms in total. The summed E-state index contributed by atoms with van der Waals surface area (Å²) in [5.74, 6) is -2.57. The number of fused-ring (bicyclic) bond motifs is 5. The molecular formula is C33H23NO3. The number of allylic oxidation sites excluding steroid dienone is 2. The topological polar surface area (TPSA) is 63.2 Å². The van der Waals surface area contributed by atoms with E-state index >= 15 is 4.79 Å². The van der Waals surface area contributed by atoms with Gasteiger partial charge in [-0.15, -0.1) is 0 Å². The summed E-state index contributed by atoms with van der Waals surface area (Å²) in [4.78, 5) is 42.6. The molecule has 0 aromatic heterocycles. The van der Waals surface area contributed by atoms with Gasteiger partial charge in [0.25, 0.3) is 0 Å². The van der Waals surface area contributed by atoms with Gasteiger partial charge in [0.1, 0.15) is 0 Å². The maximum absolute atomic E-state index is 15.3. The first-order valence-corrected chi connectivity index (χ1v) is 12.5. The third kappa shape index (κ3) is 2.54. The Labute approximate surface area is 214 Å². The van der Waals surface area contributed by atoms with Gasteiger partial charge < -0.3 is 0 Å². The van der Waals surface area contributed by atoms with Crippen molar-refractivity contribution in [3.8, 4) is 0 Å². The van der Waals surface area contributed by atoms with Crippen molar-refractivity contribution in [1.82, 2.24) is 5.32 Å². The lowest BCUT2D eigenvalue weighted by molar-refractivity contribution is -0.132. The molecule has 1 saturated heterocycles. The van der Waals surface area contributed by atoms with E-state index in [1.165, 1.54) is 0 Å². The van der Waals surface area contributed by atoms with Crippen LogP contribution in [-0.4, -0.2) is 17.6 Å². The maximum Gasteiger partial charge on any atom is 0.232 e. The molecule has 0 unspecified atom stereocenters. The lowest BCUT2D eigenvalue weighted by Gasteiger charge is -2.39. The summed E-state index contributed by atoms with van der Waals surface area (Å²) in [5.41, 5.74) is 2.22. The Morgan fingerprint density at radius 1 is 0.459 bits per heavy atom. The lowest BCUT2D eigenvalue weighted by atomic mass is 9.59. The average Bonchev–Trinajstić information content (AvgIpc) is 3.49. The van der Waals surface area contributed by atoms with Crippen LogP contribution < -0.4 is 5.32 Å². The van der Waals surface area contributed by atoms with Crippen LogP contribution in [0, 0.1) is 11.8 Å². The van der Waals surface area contributed by atoms with E-state index in [1.54, 1.807) is 0 Å². The fourth-order valence-electron chi connectivity index (χ4n) is 7.26. The highest BCUT2D eigenvalue weighted by atomic mass is 16.2. The third-order valence-corrected chi connectivity index (χ3v) is 8.42. The van der Waals surface area contributed by atoms with Crippen LogP contribution in [0.3, 0.4) is 0 Å². The van der Waals surface area contributed by atoms with Gasteiger partial charge in [0.05, 0.1) is 22.7 Å². The minimum Gasteiger partial charge on any atom is -0.297 e. The number of carbonyl (C=O) groups is 3. The monoisotopic (exact) mass is 481 g/mol. The van der Waals surface area contributed by atoms with Crippen LogP contribution in [0.1, 0.15) is 22.3 Å². The van der Waals surface area contributed by atoms with E-state index in [1.807, 2.05) is 121 Å². The van der Waals surface area contributed by atoms with Crippen LogP contribution in [0.5, 0.6) is 0 Å². The van der Waals surface area contributed by atoms with Gasteiger partial charge in [0.15, 0.2) is 5.78 Å². The largest absolute Gasteiger partial charge is 0.297 e. The van der Waals surface area contributed by atoms with Crippen molar-refractivity contribution < 1.29 is 14.4 Å². The average molecular weight is 482 g/mol. The molecular weight excluding hydrogens is 458 g/mol. The molecule has 37 heavy (non-hydrogen) atoms. The summed E-state index contributed by atoms with van der Waals surface area (Å²) in [6.07, 6.45) is 0. The fourth-order valence-corrected chi connectivity index (χ4v) is 7.26. The number of hydrogen-bond donors (Lipinski definition) is 1.